The van der Waals surface area contributed by atoms with Crippen LogP contribution < -0.4 is 5.32 Å². The quantitative estimate of drug-likeness (QED) is 0.425. The number of anilines is 1. The van der Waals surface area contributed by atoms with Gasteiger partial charge in [0.2, 0.25) is 11.1 Å². The van der Waals surface area contributed by atoms with Crippen LogP contribution in [0.3, 0.4) is 0 Å². The zero-order valence-electron chi connectivity index (χ0n) is 16.3. The van der Waals surface area contributed by atoms with E-state index in [0.29, 0.717) is 27.5 Å². The summed E-state index contributed by atoms with van der Waals surface area (Å²) in [7, 11) is 0. The van der Waals surface area contributed by atoms with Crippen LogP contribution in [-0.2, 0) is 4.79 Å². The van der Waals surface area contributed by atoms with Crippen molar-refractivity contribution >= 4 is 35.0 Å². The van der Waals surface area contributed by atoms with Crippen LogP contribution in [0.4, 0.5) is 5.69 Å². The first-order chi connectivity index (χ1) is 15.2. The van der Waals surface area contributed by atoms with E-state index in [1.54, 1.807) is 29.2 Å². The molecular formula is C21H18ClN7OS. The topological polar surface area (TPSA) is 90.5 Å². The minimum Gasteiger partial charge on any atom is -0.323 e. The molecule has 0 unspecified atom stereocenters. The molecule has 0 bridgehead atoms. The highest BCUT2D eigenvalue weighted by molar-refractivity contribution is 7.99. The number of hydrogen-bond donors (Lipinski definition) is 1. The molecule has 1 saturated carbocycles. The van der Waals surface area contributed by atoms with Crippen molar-refractivity contribution in [1.29, 1.82) is 0 Å². The lowest BCUT2D eigenvalue weighted by Crippen LogP contribution is -2.16. The molecule has 1 amide bonds. The van der Waals surface area contributed by atoms with E-state index in [0.717, 1.165) is 24.4 Å². The highest BCUT2D eigenvalue weighted by Crippen LogP contribution is 2.40. The molecule has 1 fully saturated rings. The van der Waals surface area contributed by atoms with Gasteiger partial charge in [0, 0.05) is 10.9 Å². The third kappa shape index (κ3) is 4.47. The van der Waals surface area contributed by atoms with Crippen molar-refractivity contribution in [3.8, 4) is 11.4 Å². The summed E-state index contributed by atoms with van der Waals surface area (Å²) in [6.07, 6.45) is 5.24. The molecule has 0 saturated heterocycles. The van der Waals surface area contributed by atoms with Crippen LogP contribution >= 0.6 is 23.4 Å². The van der Waals surface area contributed by atoms with Gasteiger partial charge in [-0.05, 0) is 43.2 Å². The van der Waals surface area contributed by atoms with Gasteiger partial charge in [0.15, 0.2) is 0 Å². The predicted molar refractivity (Wildman–Crippen MR) is 119 cm³/mol. The molecular weight excluding hydrogens is 434 g/mol. The molecule has 2 heterocycles. The number of halogens is 1. The summed E-state index contributed by atoms with van der Waals surface area (Å²) in [4.78, 5) is 21.3. The highest BCUT2D eigenvalue weighted by atomic mass is 35.5. The van der Waals surface area contributed by atoms with E-state index in [2.05, 4.69) is 20.5 Å². The maximum absolute atomic E-state index is 12.6. The standard InChI is InChI=1S/C21H18ClN7OS/c22-15-8-9-18(28-13-23-12-24-28)17(10-15)25-19(30)11-31-21-26-20(14-6-7-14)29(27-21)16-4-2-1-3-5-16/h1-5,8-10,12-14H,6-7,11H2,(H,25,30). The third-order valence-electron chi connectivity index (χ3n) is 4.79. The molecule has 2 aromatic heterocycles. The Morgan fingerprint density at radius 3 is 2.77 bits per heavy atom. The molecule has 8 nitrogen and oxygen atoms in total. The Balaban J connectivity index is 1.30. The minimum atomic E-state index is -0.183. The van der Waals surface area contributed by atoms with E-state index < -0.39 is 0 Å². The van der Waals surface area contributed by atoms with Crippen LogP contribution in [0.1, 0.15) is 24.6 Å². The summed E-state index contributed by atoms with van der Waals surface area (Å²) in [6, 6.07) is 15.2. The van der Waals surface area contributed by atoms with Gasteiger partial charge < -0.3 is 5.32 Å². The number of nitrogens with one attached hydrogen (secondary N) is 1. The minimum absolute atomic E-state index is 0.173. The first-order valence-electron chi connectivity index (χ1n) is 9.77. The summed E-state index contributed by atoms with van der Waals surface area (Å²) >= 11 is 7.43. The Labute approximate surface area is 187 Å². The molecule has 5 rings (SSSR count). The van der Waals surface area contributed by atoms with E-state index in [1.165, 1.54) is 18.1 Å². The van der Waals surface area contributed by atoms with Crippen molar-refractivity contribution in [3.05, 3.63) is 72.0 Å². The molecule has 0 radical (unpaired) electrons. The van der Waals surface area contributed by atoms with Gasteiger partial charge in [-0.1, -0.05) is 41.6 Å². The highest BCUT2D eigenvalue weighted by Gasteiger charge is 2.30. The van der Waals surface area contributed by atoms with Gasteiger partial charge in [-0.15, -0.1) is 5.10 Å². The maximum Gasteiger partial charge on any atom is 0.234 e. The molecule has 1 aliphatic rings. The van der Waals surface area contributed by atoms with Crippen molar-refractivity contribution in [3.63, 3.8) is 0 Å². The maximum atomic E-state index is 12.6. The number of rotatable bonds is 7. The Morgan fingerprint density at radius 2 is 2.03 bits per heavy atom. The Bertz CT molecular complexity index is 1210. The first kappa shape index (κ1) is 19.8. The lowest BCUT2D eigenvalue weighted by atomic mass is 10.2. The lowest BCUT2D eigenvalue weighted by molar-refractivity contribution is -0.113. The van der Waals surface area contributed by atoms with Gasteiger partial charge >= 0.3 is 0 Å². The molecule has 4 aromatic rings. The van der Waals surface area contributed by atoms with Crippen LogP contribution in [0.2, 0.25) is 5.02 Å². The fraction of sp³-hybridized carbons (Fsp3) is 0.190. The smallest absolute Gasteiger partial charge is 0.234 e. The average Bonchev–Trinajstić information content (AvgIpc) is 3.31. The van der Waals surface area contributed by atoms with Crippen LogP contribution in [0.25, 0.3) is 11.4 Å². The normalized spacial score (nSPS) is 13.3. The zero-order valence-corrected chi connectivity index (χ0v) is 17.9. The molecule has 10 heteroatoms. The van der Waals surface area contributed by atoms with Gasteiger partial charge in [0.25, 0.3) is 0 Å². The molecule has 156 valence electrons. The third-order valence-corrected chi connectivity index (χ3v) is 5.86. The summed E-state index contributed by atoms with van der Waals surface area (Å²) < 4.78 is 3.46. The number of carbonyl (C=O) groups is 1. The number of aromatic nitrogens is 6. The molecule has 1 aliphatic carbocycles. The van der Waals surface area contributed by atoms with Gasteiger partial charge in [0.1, 0.15) is 18.5 Å². The van der Waals surface area contributed by atoms with Crippen LogP contribution in [0.5, 0.6) is 0 Å². The van der Waals surface area contributed by atoms with E-state index in [1.807, 2.05) is 35.0 Å². The second kappa shape index (κ2) is 8.52. The van der Waals surface area contributed by atoms with Crippen molar-refractivity contribution in [2.45, 2.75) is 23.9 Å². The monoisotopic (exact) mass is 451 g/mol. The number of benzene rings is 2. The molecule has 2 aromatic carbocycles. The molecule has 0 spiro atoms. The van der Waals surface area contributed by atoms with Gasteiger partial charge in [0.05, 0.1) is 22.8 Å². The fourth-order valence-corrected chi connectivity index (χ4v) is 3.99. The fourth-order valence-electron chi connectivity index (χ4n) is 3.19. The summed E-state index contributed by atoms with van der Waals surface area (Å²) in [5.74, 6) is 1.38. The van der Waals surface area contributed by atoms with E-state index in [4.69, 9.17) is 16.6 Å². The zero-order chi connectivity index (χ0) is 21.2. The predicted octanol–water partition coefficient (Wildman–Crippen LogP) is 4.11. The number of para-hydroxylation sites is 1. The number of thioether (sulfide) groups is 1. The first-order valence-corrected chi connectivity index (χ1v) is 11.1. The lowest BCUT2D eigenvalue weighted by Gasteiger charge is -2.11. The molecule has 0 atom stereocenters. The van der Waals surface area contributed by atoms with Gasteiger partial charge in [-0.25, -0.2) is 19.3 Å². The Kier molecular flexibility index (Phi) is 5.44. The van der Waals surface area contributed by atoms with Gasteiger partial charge in [-0.2, -0.15) is 5.10 Å². The van der Waals surface area contributed by atoms with Crippen molar-refractivity contribution in [2.24, 2.45) is 0 Å². The van der Waals surface area contributed by atoms with Crippen LogP contribution in [0.15, 0.2) is 66.3 Å². The summed E-state index contributed by atoms with van der Waals surface area (Å²) in [6.45, 7) is 0. The van der Waals surface area contributed by atoms with E-state index in [9.17, 15) is 4.79 Å². The number of nitrogens with zero attached hydrogens (tertiary/aromatic N) is 6. The molecule has 0 aliphatic heterocycles. The largest absolute Gasteiger partial charge is 0.323 e. The van der Waals surface area contributed by atoms with Gasteiger partial charge in [-0.3, -0.25) is 4.79 Å². The number of carbonyl (C=O) groups excluding carboxylic acids is 1. The number of amides is 1. The SMILES string of the molecule is O=C(CSc1nc(C2CC2)n(-c2ccccc2)n1)Nc1cc(Cl)ccc1-n1cncn1. The number of hydrogen-bond acceptors (Lipinski definition) is 6. The average molecular weight is 452 g/mol. The van der Waals surface area contributed by atoms with Crippen LogP contribution in [-0.4, -0.2) is 41.2 Å². The second-order valence-electron chi connectivity index (χ2n) is 7.11. The summed E-state index contributed by atoms with van der Waals surface area (Å²) in [5.41, 5.74) is 2.22. The van der Waals surface area contributed by atoms with E-state index in [-0.39, 0.29) is 11.7 Å². The van der Waals surface area contributed by atoms with Crippen molar-refractivity contribution in [2.75, 3.05) is 11.1 Å². The molecule has 1 N–H and O–H groups in total. The second-order valence-corrected chi connectivity index (χ2v) is 8.49. The van der Waals surface area contributed by atoms with E-state index >= 15 is 0 Å². The Morgan fingerprint density at radius 1 is 1.19 bits per heavy atom. The Hall–Kier alpha value is -3.17. The molecule has 31 heavy (non-hydrogen) atoms. The summed E-state index contributed by atoms with van der Waals surface area (Å²) in [5, 5.41) is 12.8. The van der Waals surface area contributed by atoms with Crippen LogP contribution in [0, 0.1) is 0 Å². The van der Waals surface area contributed by atoms with Crippen molar-refractivity contribution in [1.82, 2.24) is 29.5 Å². The van der Waals surface area contributed by atoms with Crippen molar-refractivity contribution < 1.29 is 4.79 Å².